The largest absolute Gasteiger partial charge is 0.353 e. The Morgan fingerprint density at radius 1 is 1.32 bits per heavy atom. The zero-order valence-corrected chi connectivity index (χ0v) is 16.0. The third-order valence-electron chi connectivity index (χ3n) is 4.83. The molecule has 2 saturated heterocycles. The topological polar surface area (TPSA) is 61.9 Å². The third-order valence-corrected chi connectivity index (χ3v) is 6.38. The van der Waals surface area contributed by atoms with Gasteiger partial charge in [-0.15, -0.1) is 0 Å². The van der Waals surface area contributed by atoms with E-state index in [2.05, 4.69) is 10.2 Å². The van der Waals surface area contributed by atoms with Gasteiger partial charge in [0.25, 0.3) is 0 Å². The molecule has 2 unspecified atom stereocenters. The normalized spacial score (nSPS) is 24.7. The summed E-state index contributed by atoms with van der Waals surface area (Å²) in [6.07, 6.45) is 1.70. The van der Waals surface area contributed by atoms with Crippen LogP contribution in [0.4, 0.5) is 0 Å². The average Bonchev–Trinajstić information content (AvgIpc) is 2.91. The van der Waals surface area contributed by atoms with Crippen molar-refractivity contribution in [1.82, 2.24) is 14.5 Å². The van der Waals surface area contributed by atoms with Crippen molar-refractivity contribution in [2.75, 3.05) is 40.3 Å². The number of ether oxygens (including phenoxy) is 1. The molecule has 25 heavy (non-hydrogen) atoms. The van der Waals surface area contributed by atoms with Crippen molar-refractivity contribution >= 4 is 16.8 Å². The fourth-order valence-corrected chi connectivity index (χ4v) is 5.05. The lowest BCUT2D eigenvalue weighted by molar-refractivity contribution is -0.0993. The number of nitrogens with zero attached hydrogens (tertiary/aromatic N) is 2. The smallest absolute Gasteiger partial charge is 0.159 e. The summed E-state index contributed by atoms with van der Waals surface area (Å²) in [5.41, 5.74) is 0.177. The third kappa shape index (κ3) is 4.01. The lowest BCUT2D eigenvalue weighted by Crippen LogP contribution is -2.52. The number of carbonyl (C=O) groups is 1. The predicted molar refractivity (Wildman–Crippen MR) is 97.8 cm³/mol. The highest BCUT2D eigenvalue weighted by Gasteiger charge is 2.50. The minimum absolute atomic E-state index is 0.0164. The van der Waals surface area contributed by atoms with Gasteiger partial charge in [0, 0.05) is 31.5 Å². The van der Waals surface area contributed by atoms with Gasteiger partial charge in [0.2, 0.25) is 0 Å². The molecule has 2 aliphatic heterocycles. The Bertz CT molecular complexity index is 641. The molecule has 0 bridgehead atoms. The average molecular weight is 365 g/mol. The van der Waals surface area contributed by atoms with Crippen LogP contribution in [-0.2, 0) is 15.7 Å². The van der Waals surface area contributed by atoms with Gasteiger partial charge in [-0.3, -0.25) is 4.79 Å². The van der Waals surface area contributed by atoms with Gasteiger partial charge in [-0.2, -0.15) is 4.31 Å². The Morgan fingerprint density at radius 2 is 1.96 bits per heavy atom. The fraction of sp³-hybridized carbons (Fsp3) is 0.611. The number of likely N-dealkylation sites (N-methyl/N-ethyl adjacent to an activating group) is 1. The van der Waals surface area contributed by atoms with E-state index in [0.29, 0.717) is 12.1 Å². The number of hydrogen-bond donors (Lipinski definition) is 1. The molecule has 1 aromatic rings. The summed E-state index contributed by atoms with van der Waals surface area (Å²) in [5.74, 6) is 0.0164. The van der Waals surface area contributed by atoms with Crippen LogP contribution in [0.25, 0.3) is 0 Å². The van der Waals surface area contributed by atoms with Crippen molar-refractivity contribution in [3.05, 3.63) is 29.8 Å². The number of benzene rings is 1. The highest BCUT2D eigenvalue weighted by Crippen LogP contribution is 2.38. The van der Waals surface area contributed by atoms with E-state index in [1.54, 1.807) is 24.3 Å². The molecule has 1 N–H and O–H groups in total. The van der Waals surface area contributed by atoms with Gasteiger partial charge in [-0.05, 0) is 46.2 Å². The molecular formula is C18H27N3O3S. The predicted octanol–water partition coefficient (Wildman–Crippen LogP) is 1.25. The molecular weight excluding hydrogens is 338 g/mol. The first-order valence-corrected chi connectivity index (χ1v) is 9.86. The highest BCUT2D eigenvalue weighted by atomic mass is 32.2. The number of nitrogens with one attached hydrogen (secondary N) is 1. The van der Waals surface area contributed by atoms with Crippen LogP contribution in [0.2, 0.25) is 0 Å². The van der Waals surface area contributed by atoms with Crippen LogP contribution in [0.1, 0.15) is 30.1 Å². The number of carbonyl (C=O) groups excluding carboxylic acids is 1. The monoisotopic (exact) mass is 365 g/mol. The van der Waals surface area contributed by atoms with Crippen LogP contribution in [0, 0.1) is 0 Å². The summed E-state index contributed by atoms with van der Waals surface area (Å²) < 4.78 is 21.7. The van der Waals surface area contributed by atoms with E-state index in [4.69, 9.17) is 4.74 Å². The van der Waals surface area contributed by atoms with E-state index in [1.165, 1.54) is 6.92 Å². The SMILES string of the molecule is CC(=O)c1ccc(S(=O)N2CC(CN(C)C)OC23CCNCC3)cc1. The van der Waals surface area contributed by atoms with E-state index >= 15 is 0 Å². The number of hydrogen-bond acceptors (Lipinski definition) is 5. The lowest BCUT2D eigenvalue weighted by Gasteiger charge is -2.39. The van der Waals surface area contributed by atoms with Crippen LogP contribution in [0.3, 0.4) is 0 Å². The first kappa shape index (κ1) is 18.7. The van der Waals surface area contributed by atoms with Gasteiger partial charge in [0.05, 0.1) is 11.0 Å². The van der Waals surface area contributed by atoms with Crippen molar-refractivity contribution in [3.8, 4) is 0 Å². The van der Waals surface area contributed by atoms with Gasteiger partial charge < -0.3 is 15.0 Å². The first-order chi connectivity index (χ1) is 11.9. The molecule has 3 rings (SSSR count). The fourth-order valence-electron chi connectivity index (χ4n) is 3.60. The van der Waals surface area contributed by atoms with E-state index in [-0.39, 0.29) is 11.9 Å². The second-order valence-electron chi connectivity index (χ2n) is 7.09. The van der Waals surface area contributed by atoms with Gasteiger partial charge in [0.15, 0.2) is 5.78 Å². The number of ketones is 1. The molecule has 0 saturated carbocycles. The molecule has 1 spiro atoms. The van der Waals surface area contributed by atoms with Crippen molar-refractivity contribution in [3.63, 3.8) is 0 Å². The minimum Gasteiger partial charge on any atom is -0.353 e. The quantitative estimate of drug-likeness (QED) is 0.796. The number of Topliss-reactive ketones (excluding diaryl/α,β-unsaturated/α-hetero) is 1. The van der Waals surface area contributed by atoms with Gasteiger partial charge in [-0.25, -0.2) is 4.21 Å². The summed E-state index contributed by atoms with van der Waals surface area (Å²) in [6.45, 7) is 4.73. The molecule has 2 atom stereocenters. The molecule has 2 aliphatic rings. The van der Waals surface area contributed by atoms with Crippen molar-refractivity contribution in [2.45, 2.75) is 36.5 Å². The van der Waals surface area contributed by atoms with Crippen molar-refractivity contribution in [2.24, 2.45) is 0 Å². The molecule has 0 amide bonds. The van der Waals surface area contributed by atoms with E-state index in [1.807, 2.05) is 18.4 Å². The Balaban J connectivity index is 1.83. The van der Waals surface area contributed by atoms with Crippen LogP contribution in [0.15, 0.2) is 29.2 Å². The minimum atomic E-state index is -1.30. The molecule has 7 heteroatoms. The lowest BCUT2D eigenvalue weighted by atomic mass is 10.0. The number of rotatable bonds is 5. The molecule has 0 aromatic heterocycles. The molecule has 138 valence electrons. The Hall–Kier alpha value is -1.12. The van der Waals surface area contributed by atoms with E-state index in [0.717, 1.165) is 37.4 Å². The first-order valence-electron chi connectivity index (χ1n) is 8.75. The Labute approximate surface area is 152 Å². The molecule has 0 radical (unpaired) electrons. The highest BCUT2D eigenvalue weighted by molar-refractivity contribution is 7.82. The molecule has 1 aromatic carbocycles. The van der Waals surface area contributed by atoms with Gasteiger partial charge >= 0.3 is 0 Å². The zero-order chi connectivity index (χ0) is 18.0. The van der Waals surface area contributed by atoms with Crippen LogP contribution < -0.4 is 5.32 Å². The summed E-state index contributed by atoms with van der Waals surface area (Å²) in [7, 11) is 2.75. The second-order valence-corrected chi connectivity index (χ2v) is 8.50. The molecule has 2 fully saturated rings. The summed E-state index contributed by atoms with van der Waals surface area (Å²) in [4.78, 5) is 14.3. The summed E-state index contributed by atoms with van der Waals surface area (Å²) in [5, 5.41) is 3.36. The molecule has 2 heterocycles. The standard InChI is InChI=1S/C18H27N3O3S/c1-14(22)15-4-6-17(7-5-15)25(23)21-13-16(12-20(2)3)24-18(21)8-10-19-11-9-18/h4-7,16,19H,8-13H2,1-3H3. The number of piperidine rings is 1. The van der Waals surface area contributed by atoms with E-state index < -0.39 is 16.7 Å². The maximum absolute atomic E-state index is 13.3. The van der Waals surface area contributed by atoms with E-state index in [9.17, 15) is 9.00 Å². The van der Waals surface area contributed by atoms with Gasteiger partial charge in [-0.1, -0.05) is 12.1 Å². The van der Waals surface area contributed by atoms with Crippen molar-refractivity contribution in [1.29, 1.82) is 0 Å². The maximum Gasteiger partial charge on any atom is 0.159 e. The van der Waals surface area contributed by atoms with Crippen molar-refractivity contribution < 1.29 is 13.7 Å². The Morgan fingerprint density at radius 3 is 2.52 bits per heavy atom. The summed E-state index contributed by atoms with van der Waals surface area (Å²) in [6, 6.07) is 7.08. The Kier molecular flexibility index (Phi) is 5.70. The zero-order valence-electron chi connectivity index (χ0n) is 15.2. The second kappa shape index (κ2) is 7.63. The van der Waals surface area contributed by atoms with Crippen LogP contribution in [-0.4, -0.2) is 71.3 Å². The maximum atomic E-state index is 13.3. The summed E-state index contributed by atoms with van der Waals surface area (Å²) >= 11 is 0. The van der Waals surface area contributed by atoms with Crippen LogP contribution in [0.5, 0.6) is 0 Å². The molecule has 6 nitrogen and oxygen atoms in total. The van der Waals surface area contributed by atoms with Crippen LogP contribution >= 0.6 is 0 Å². The molecule has 0 aliphatic carbocycles. The van der Waals surface area contributed by atoms with Gasteiger partial charge in [0.1, 0.15) is 16.7 Å².